The van der Waals surface area contributed by atoms with Gasteiger partial charge in [-0.15, -0.1) is 13.2 Å². The van der Waals surface area contributed by atoms with E-state index < -0.39 is 0 Å². The van der Waals surface area contributed by atoms with Crippen molar-refractivity contribution in [3.05, 3.63) is 13.2 Å². The Bertz CT molecular complexity index is 212. The molecule has 1 rings (SSSR count). The molecule has 1 heteroatoms. The molecule has 1 unspecified atom stereocenters. The minimum atomic E-state index is 0.156. The van der Waals surface area contributed by atoms with Gasteiger partial charge in [-0.2, -0.15) is 0 Å². The second kappa shape index (κ2) is 11.4. The summed E-state index contributed by atoms with van der Waals surface area (Å²) in [6.45, 7) is 21.5. The highest BCUT2D eigenvalue weighted by Crippen LogP contribution is 2.38. The van der Waals surface area contributed by atoms with E-state index >= 15 is 0 Å². The van der Waals surface area contributed by atoms with Crippen molar-refractivity contribution < 1.29 is 4.74 Å². The maximum absolute atomic E-state index is 6.43. The van der Waals surface area contributed by atoms with Crippen molar-refractivity contribution in [3.8, 4) is 0 Å². The third kappa shape index (κ3) is 6.92. The summed E-state index contributed by atoms with van der Waals surface area (Å²) in [5, 5.41) is 0. The molecule has 20 heavy (non-hydrogen) atoms. The summed E-state index contributed by atoms with van der Waals surface area (Å²) in [6.07, 6.45) is 9.39. The van der Waals surface area contributed by atoms with E-state index in [2.05, 4.69) is 47.8 Å². The zero-order valence-electron chi connectivity index (χ0n) is 15.3. The van der Waals surface area contributed by atoms with E-state index in [1.165, 1.54) is 44.9 Å². The molecule has 0 radical (unpaired) electrons. The van der Waals surface area contributed by atoms with Crippen LogP contribution in [0.4, 0.5) is 0 Å². The molecule has 1 saturated carbocycles. The van der Waals surface area contributed by atoms with Gasteiger partial charge in [0.05, 0.1) is 11.7 Å². The summed E-state index contributed by atoms with van der Waals surface area (Å²) in [5.41, 5.74) is 0.504. The number of ether oxygens (including phenoxy) is 1. The van der Waals surface area contributed by atoms with Gasteiger partial charge in [0.15, 0.2) is 0 Å². The summed E-state index contributed by atoms with van der Waals surface area (Å²) in [5.74, 6) is 0. The topological polar surface area (TPSA) is 9.23 Å². The van der Waals surface area contributed by atoms with Crippen molar-refractivity contribution in [1.82, 2.24) is 0 Å². The zero-order valence-corrected chi connectivity index (χ0v) is 15.3. The first-order chi connectivity index (χ1) is 9.46. The Morgan fingerprint density at radius 1 is 1.05 bits per heavy atom. The molecule has 0 aromatic rings. The van der Waals surface area contributed by atoms with E-state index in [0.29, 0.717) is 11.5 Å². The minimum Gasteiger partial charge on any atom is -0.372 e. The van der Waals surface area contributed by atoms with Gasteiger partial charge in [-0.25, -0.2) is 0 Å². The number of hydrogen-bond donors (Lipinski definition) is 0. The molecule has 1 fully saturated rings. The standard InChI is InChI=1S/C15H30O.C2H6.C2H4/c1-6-14(4,7-2)13(3)16-15(5)11-9-8-10-12-15;2*1-2/h13H,6-12H2,1-5H3;1-2H3;1-2H2. The molecule has 0 aliphatic heterocycles. The van der Waals surface area contributed by atoms with E-state index in [1.807, 2.05) is 13.8 Å². The first kappa shape index (κ1) is 22.0. The summed E-state index contributed by atoms with van der Waals surface area (Å²) < 4.78 is 6.43. The van der Waals surface area contributed by atoms with Gasteiger partial charge in [0.25, 0.3) is 0 Å². The van der Waals surface area contributed by atoms with Gasteiger partial charge in [0, 0.05) is 0 Å². The van der Waals surface area contributed by atoms with Crippen LogP contribution in [-0.4, -0.2) is 11.7 Å². The fourth-order valence-corrected chi connectivity index (χ4v) is 2.81. The Kier molecular flexibility index (Phi) is 12.5. The van der Waals surface area contributed by atoms with Crippen LogP contribution >= 0.6 is 0 Å². The number of hydrogen-bond acceptors (Lipinski definition) is 1. The second-order valence-electron chi connectivity index (χ2n) is 6.13. The molecule has 0 spiro atoms. The molecular formula is C19H40O. The fourth-order valence-electron chi connectivity index (χ4n) is 2.81. The quantitative estimate of drug-likeness (QED) is 0.506. The Morgan fingerprint density at radius 3 is 1.80 bits per heavy atom. The van der Waals surface area contributed by atoms with Crippen LogP contribution in [0.1, 0.15) is 93.4 Å². The maximum atomic E-state index is 6.43. The van der Waals surface area contributed by atoms with Crippen molar-refractivity contribution in [2.75, 3.05) is 0 Å². The highest BCUT2D eigenvalue weighted by Gasteiger charge is 2.35. The molecule has 0 aromatic heterocycles. The molecule has 0 heterocycles. The van der Waals surface area contributed by atoms with Crippen LogP contribution in [0.2, 0.25) is 0 Å². The van der Waals surface area contributed by atoms with E-state index in [-0.39, 0.29) is 5.60 Å². The van der Waals surface area contributed by atoms with Crippen molar-refractivity contribution in [3.63, 3.8) is 0 Å². The van der Waals surface area contributed by atoms with E-state index in [0.717, 1.165) is 0 Å². The minimum absolute atomic E-state index is 0.156. The Labute approximate surface area is 129 Å². The molecular weight excluding hydrogens is 244 g/mol. The monoisotopic (exact) mass is 284 g/mol. The lowest BCUT2D eigenvalue weighted by Gasteiger charge is -2.42. The van der Waals surface area contributed by atoms with Crippen LogP contribution in [0, 0.1) is 5.41 Å². The highest BCUT2D eigenvalue weighted by molar-refractivity contribution is 4.85. The van der Waals surface area contributed by atoms with Gasteiger partial charge >= 0.3 is 0 Å². The maximum Gasteiger partial charge on any atom is 0.0658 e. The smallest absolute Gasteiger partial charge is 0.0658 e. The SMILES string of the molecule is C=C.CC.CCC(C)(CC)C(C)OC1(C)CCCCC1. The molecule has 0 aromatic carbocycles. The van der Waals surface area contributed by atoms with Crippen LogP contribution in [0.5, 0.6) is 0 Å². The van der Waals surface area contributed by atoms with Crippen LogP contribution in [0.15, 0.2) is 13.2 Å². The lowest BCUT2D eigenvalue weighted by Crippen LogP contribution is -2.41. The fraction of sp³-hybridized carbons (Fsp3) is 0.895. The van der Waals surface area contributed by atoms with E-state index in [4.69, 9.17) is 4.74 Å². The van der Waals surface area contributed by atoms with Crippen molar-refractivity contribution >= 4 is 0 Å². The van der Waals surface area contributed by atoms with Crippen molar-refractivity contribution in [2.24, 2.45) is 5.41 Å². The van der Waals surface area contributed by atoms with Gasteiger partial charge in [-0.05, 0) is 44.9 Å². The Balaban J connectivity index is 0. The summed E-state index contributed by atoms with van der Waals surface area (Å²) in [4.78, 5) is 0. The van der Waals surface area contributed by atoms with Crippen molar-refractivity contribution in [1.29, 1.82) is 0 Å². The lowest BCUT2D eigenvalue weighted by molar-refractivity contribution is -0.139. The van der Waals surface area contributed by atoms with Gasteiger partial charge in [0.2, 0.25) is 0 Å². The molecule has 1 nitrogen and oxygen atoms in total. The van der Waals surface area contributed by atoms with Gasteiger partial charge < -0.3 is 4.74 Å². The zero-order chi connectivity index (χ0) is 16.2. The van der Waals surface area contributed by atoms with E-state index in [9.17, 15) is 0 Å². The van der Waals surface area contributed by atoms with Gasteiger partial charge in [0.1, 0.15) is 0 Å². The number of rotatable bonds is 5. The summed E-state index contributed by atoms with van der Waals surface area (Å²) in [6, 6.07) is 0. The van der Waals surface area contributed by atoms with Crippen LogP contribution < -0.4 is 0 Å². The average Bonchev–Trinajstić information content (AvgIpc) is 2.50. The predicted octanol–water partition coefficient (Wildman–Crippen LogP) is 6.77. The van der Waals surface area contributed by atoms with Crippen molar-refractivity contribution in [2.45, 2.75) is 105 Å². The van der Waals surface area contributed by atoms with E-state index in [1.54, 1.807) is 0 Å². The normalized spacial score (nSPS) is 18.9. The molecule has 0 amide bonds. The van der Waals surface area contributed by atoms with Crippen LogP contribution in [0.3, 0.4) is 0 Å². The second-order valence-corrected chi connectivity index (χ2v) is 6.13. The molecule has 0 N–H and O–H groups in total. The molecule has 1 aliphatic carbocycles. The summed E-state index contributed by atoms with van der Waals surface area (Å²) >= 11 is 0. The molecule has 1 aliphatic rings. The third-order valence-electron chi connectivity index (χ3n) is 4.97. The van der Waals surface area contributed by atoms with Crippen LogP contribution in [-0.2, 0) is 4.74 Å². The van der Waals surface area contributed by atoms with Gasteiger partial charge in [-0.1, -0.05) is 53.9 Å². The molecule has 1 atom stereocenters. The first-order valence-electron chi connectivity index (χ1n) is 8.63. The van der Waals surface area contributed by atoms with Crippen LogP contribution in [0.25, 0.3) is 0 Å². The lowest BCUT2D eigenvalue weighted by atomic mass is 9.78. The average molecular weight is 285 g/mol. The highest BCUT2D eigenvalue weighted by atomic mass is 16.5. The molecule has 0 saturated heterocycles. The van der Waals surface area contributed by atoms with Gasteiger partial charge in [-0.3, -0.25) is 0 Å². The summed E-state index contributed by atoms with van der Waals surface area (Å²) in [7, 11) is 0. The molecule has 0 bridgehead atoms. The predicted molar refractivity (Wildman–Crippen MR) is 93.3 cm³/mol. The molecule has 122 valence electrons. The Hall–Kier alpha value is -0.300. The first-order valence-corrected chi connectivity index (χ1v) is 8.63. The Morgan fingerprint density at radius 2 is 1.45 bits per heavy atom. The largest absolute Gasteiger partial charge is 0.372 e. The third-order valence-corrected chi connectivity index (χ3v) is 4.97.